The van der Waals surface area contributed by atoms with Crippen LogP contribution in [0.2, 0.25) is 0 Å². The second kappa shape index (κ2) is 6.90. The Morgan fingerprint density at radius 1 is 1.40 bits per heavy atom. The van der Waals surface area contributed by atoms with Crippen molar-refractivity contribution >= 4 is 32.7 Å². The summed E-state index contributed by atoms with van der Waals surface area (Å²) in [7, 11) is 0. The first-order valence-corrected chi connectivity index (χ1v) is 7.64. The molecule has 0 aliphatic heterocycles. The highest BCUT2D eigenvalue weighted by atomic mass is 79.9. The van der Waals surface area contributed by atoms with Crippen LogP contribution in [0.15, 0.2) is 28.9 Å². The van der Waals surface area contributed by atoms with Gasteiger partial charge in [0.1, 0.15) is 0 Å². The predicted molar refractivity (Wildman–Crippen MR) is 83.9 cm³/mol. The molecule has 4 nitrogen and oxygen atoms in total. The maximum Gasteiger partial charge on any atom is 0.256 e. The van der Waals surface area contributed by atoms with Crippen LogP contribution in [0.4, 0.5) is 0 Å². The lowest BCUT2D eigenvalue weighted by Gasteiger charge is -2.21. The van der Waals surface area contributed by atoms with Crippen molar-refractivity contribution in [3.05, 3.63) is 34.4 Å². The van der Waals surface area contributed by atoms with Gasteiger partial charge in [0.25, 0.3) is 5.91 Å². The number of benzene rings is 1. The molecule has 0 aliphatic rings. The lowest BCUT2D eigenvalue weighted by molar-refractivity contribution is 0.0721. The summed E-state index contributed by atoms with van der Waals surface area (Å²) in [6.07, 6.45) is 3.70. The third-order valence-electron chi connectivity index (χ3n) is 3.32. The van der Waals surface area contributed by atoms with Gasteiger partial charge in [-0.25, -0.2) is 0 Å². The molecular weight excluding hydrogens is 320 g/mol. The minimum atomic E-state index is -0.0364. The summed E-state index contributed by atoms with van der Waals surface area (Å²) in [6.45, 7) is 3.12. The third kappa shape index (κ3) is 3.04. The quantitative estimate of drug-likeness (QED) is 0.849. The number of nitrogens with one attached hydrogen (secondary N) is 1. The Labute approximate surface area is 126 Å². The Balaban J connectivity index is 2.33. The lowest BCUT2D eigenvalue weighted by Crippen LogP contribution is -2.34. The Bertz CT molecular complexity index is 595. The van der Waals surface area contributed by atoms with Gasteiger partial charge in [0.2, 0.25) is 0 Å². The molecule has 0 bridgehead atoms. The van der Waals surface area contributed by atoms with E-state index in [1.54, 1.807) is 11.1 Å². The molecule has 0 radical (unpaired) electrons. The van der Waals surface area contributed by atoms with E-state index in [0.29, 0.717) is 18.7 Å². The summed E-state index contributed by atoms with van der Waals surface area (Å²) >= 11 is 3.50. The normalized spacial score (nSPS) is 10.9. The van der Waals surface area contributed by atoms with Crippen LogP contribution in [0.3, 0.4) is 0 Å². The van der Waals surface area contributed by atoms with Gasteiger partial charge in [-0.15, -0.1) is 0 Å². The van der Waals surface area contributed by atoms with E-state index in [9.17, 15) is 4.79 Å². The Hall–Kier alpha value is -1.33. The van der Waals surface area contributed by atoms with Crippen LogP contribution >= 0.6 is 15.9 Å². The molecule has 0 atom stereocenters. The lowest BCUT2D eigenvalue weighted by atomic mass is 10.1. The van der Waals surface area contributed by atoms with E-state index in [4.69, 9.17) is 5.11 Å². The molecule has 2 rings (SSSR count). The van der Waals surface area contributed by atoms with Crippen molar-refractivity contribution < 1.29 is 9.90 Å². The molecule has 1 aromatic carbocycles. The number of rotatable bonds is 6. The number of nitrogens with zero attached hydrogens (tertiary/aromatic N) is 1. The fraction of sp³-hybridized carbons (Fsp3) is 0.400. The van der Waals surface area contributed by atoms with Crippen LogP contribution in [0.1, 0.15) is 30.1 Å². The van der Waals surface area contributed by atoms with E-state index in [1.165, 1.54) is 0 Å². The fourth-order valence-corrected chi connectivity index (χ4v) is 2.84. The van der Waals surface area contributed by atoms with Crippen molar-refractivity contribution in [2.75, 3.05) is 19.7 Å². The van der Waals surface area contributed by atoms with Gasteiger partial charge in [-0.05, 0) is 18.6 Å². The summed E-state index contributed by atoms with van der Waals surface area (Å²) < 4.78 is 0.902. The van der Waals surface area contributed by atoms with Crippen LogP contribution in [0, 0.1) is 0 Å². The maximum atomic E-state index is 12.6. The van der Waals surface area contributed by atoms with E-state index in [0.717, 1.165) is 28.2 Å². The number of H-pyrrole nitrogens is 1. The standard InChI is InChI=1S/C15H19BrN2O2/c1-2-3-7-18(8-9-19)15(20)11-10-17-13-6-4-5-12(16)14(11)13/h4-6,10,17,19H,2-3,7-9H2,1H3. The molecule has 0 spiro atoms. The second-order valence-electron chi connectivity index (χ2n) is 4.73. The molecule has 2 aromatic rings. The van der Waals surface area contributed by atoms with Gasteiger partial charge in [-0.3, -0.25) is 4.79 Å². The molecule has 108 valence electrons. The van der Waals surface area contributed by atoms with E-state index in [1.807, 2.05) is 18.2 Å². The van der Waals surface area contributed by atoms with Crippen LogP contribution < -0.4 is 0 Å². The highest BCUT2D eigenvalue weighted by molar-refractivity contribution is 9.10. The maximum absolute atomic E-state index is 12.6. The van der Waals surface area contributed by atoms with Crippen molar-refractivity contribution in [2.24, 2.45) is 0 Å². The minimum Gasteiger partial charge on any atom is -0.395 e. The molecule has 1 amide bonds. The van der Waals surface area contributed by atoms with Crippen LogP contribution in [-0.4, -0.2) is 40.6 Å². The minimum absolute atomic E-state index is 0.0149. The topological polar surface area (TPSA) is 56.3 Å². The molecule has 2 N–H and O–H groups in total. The van der Waals surface area contributed by atoms with Crippen molar-refractivity contribution in [3.8, 4) is 0 Å². The molecule has 1 heterocycles. The molecule has 5 heteroatoms. The van der Waals surface area contributed by atoms with Crippen molar-refractivity contribution in [1.29, 1.82) is 0 Å². The Morgan fingerprint density at radius 2 is 2.20 bits per heavy atom. The summed E-state index contributed by atoms with van der Waals surface area (Å²) in [5.74, 6) is -0.0364. The number of halogens is 1. The zero-order valence-corrected chi connectivity index (χ0v) is 13.1. The average molecular weight is 339 g/mol. The monoisotopic (exact) mass is 338 g/mol. The van der Waals surface area contributed by atoms with Gasteiger partial charge in [0.05, 0.1) is 12.2 Å². The average Bonchev–Trinajstić information content (AvgIpc) is 2.88. The summed E-state index contributed by atoms with van der Waals surface area (Å²) in [5.41, 5.74) is 1.58. The van der Waals surface area contributed by atoms with Gasteiger partial charge in [-0.2, -0.15) is 0 Å². The van der Waals surface area contributed by atoms with E-state index in [2.05, 4.69) is 27.8 Å². The van der Waals surface area contributed by atoms with Crippen molar-refractivity contribution in [1.82, 2.24) is 9.88 Å². The Morgan fingerprint density at radius 3 is 2.90 bits per heavy atom. The molecule has 0 fully saturated rings. The smallest absolute Gasteiger partial charge is 0.256 e. The molecule has 0 saturated carbocycles. The fourth-order valence-electron chi connectivity index (χ4n) is 2.26. The highest BCUT2D eigenvalue weighted by Gasteiger charge is 2.19. The molecule has 0 unspecified atom stereocenters. The number of hydrogen-bond donors (Lipinski definition) is 2. The number of amides is 1. The molecular formula is C15H19BrN2O2. The van der Waals surface area contributed by atoms with E-state index in [-0.39, 0.29) is 12.5 Å². The summed E-state index contributed by atoms with van der Waals surface area (Å²) in [5, 5.41) is 10.0. The number of carbonyl (C=O) groups excluding carboxylic acids is 1. The largest absolute Gasteiger partial charge is 0.395 e. The SMILES string of the molecule is CCCCN(CCO)C(=O)c1c[nH]c2cccc(Br)c12. The van der Waals surface area contributed by atoms with Gasteiger partial charge in [-0.1, -0.05) is 35.3 Å². The Kier molecular flexibility index (Phi) is 5.20. The van der Waals surface area contributed by atoms with Crippen LogP contribution in [-0.2, 0) is 0 Å². The number of carbonyl (C=O) groups is 1. The zero-order chi connectivity index (χ0) is 14.5. The number of fused-ring (bicyclic) bond motifs is 1. The van der Waals surface area contributed by atoms with Crippen LogP contribution in [0.5, 0.6) is 0 Å². The van der Waals surface area contributed by atoms with E-state index < -0.39 is 0 Å². The van der Waals surface area contributed by atoms with Crippen molar-refractivity contribution in [2.45, 2.75) is 19.8 Å². The zero-order valence-electron chi connectivity index (χ0n) is 11.5. The summed E-state index contributed by atoms with van der Waals surface area (Å²) in [4.78, 5) is 17.5. The number of hydrogen-bond acceptors (Lipinski definition) is 2. The highest BCUT2D eigenvalue weighted by Crippen LogP contribution is 2.27. The van der Waals surface area contributed by atoms with Crippen molar-refractivity contribution in [3.63, 3.8) is 0 Å². The molecule has 20 heavy (non-hydrogen) atoms. The first-order valence-electron chi connectivity index (χ1n) is 6.84. The van der Waals surface area contributed by atoms with Gasteiger partial charge in [0, 0.05) is 34.7 Å². The van der Waals surface area contributed by atoms with Crippen LogP contribution in [0.25, 0.3) is 10.9 Å². The van der Waals surface area contributed by atoms with Gasteiger partial charge in [0.15, 0.2) is 0 Å². The third-order valence-corrected chi connectivity index (χ3v) is 3.98. The van der Waals surface area contributed by atoms with Gasteiger partial charge < -0.3 is 15.0 Å². The number of aromatic amines is 1. The number of unbranched alkanes of at least 4 members (excludes halogenated alkanes) is 1. The predicted octanol–water partition coefficient (Wildman–Crippen LogP) is 3.17. The molecule has 0 saturated heterocycles. The summed E-state index contributed by atoms with van der Waals surface area (Å²) in [6, 6.07) is 5.80. The van der Waals surface area contributed by atoms with Gasteiger partial charge >= 0.3 is 0 Å². The first kappa shape index (κ1) is 15.1. The van der Waals surface area contributed by atoms with E-state index >= 15 is 0 Å². The second-order valence-corrected chi connectivity index (χ2v) is 5.59. The first-order chi connectivity index (χ1) is 9.69. The molecule has 0 aliphatic carbocycles. The number of aromatic nitrogens is 1. The number of aliphatic hydroxyl groups excluding tert-OH is 1. The number of aliphatic hydroxyl groups is 1. The molecule has 1 aromatic heterocycles.